The van der Waals surface area contributed by atoms with Gasteiger partial charge < -0.3 is 5.32 Å². The minimum absolute atomic E-state index is 0.267. The van der Waals surface area contributed by atoms with Crippen LogP contribution in [0.15, 0.2) is 4.99 Å². The zero-order valence-corrected chi connectivity index (χ0v) is 12.5. The van der Waals surface area contributed by atoms with Crippen molar-refractivity contribution in [3.8, 4) is 0 Å². The molecule has 1 rings (SSSR count). The summed E-state index contributed by atoms with van der Waals surface area (Å²) in [4.78, 5) is 4.77. The Morgan fingerprint density at radius 2 is 2.38 bits per heavy atom. The first-order valence-electron chi connectivity index (χ1n) is 6.07. The second-order valence-electron chi connectivity index (χ2n) is 4.70. The quantitative estimate of drug-likeness (QED) is 0.820. The van der Waals surface area contributed by atoms with Crippen molar-refractivity contribution in [3.63, 3.8) is 0 Å². The van der Waals surface area contributed by atoms with E-state index in [1.807, 2.05) is 23.5 Å². The lowest BCUT2D eigenvalue weighted by Gasteiger charge is -2.35. The molecule has 2 unspecified atom stereocenters. The molecule has 94 valence electrons. The maximum absolute atomic E-state index is 4.77. The van der Waals surface area contributed by atoms with Crippen LogP contribution in [0.4, 0.5) is 0 Å². The van der Waals surface area contributed by atoms with E-state index in [0.717, 1.165) is 5.17 Å². The Bertz CT molecular complexity index is 243. The Balaban J connectivity index is 2.49. The first kappa shape index (κ1) is 14.2. The summed E-state index contributed by atoms with van der Waals surface area (Å²) in [6.45, 7) is 6.76. The van der Waals surface area contributed by atoms with E-state index in [-0.39, 0.29) is 5.54 Å². The topological polar surface area (TPSA) is 24.4 Å². The van der Waals surface area contributed by atoms with Crippen molar-refractivity contribution >= 4 is 28.7 Å². The van der Waals surface area contributed by atoms with Gasteiger partial charge in [-0.2, -0.15) is 11.8 Å². The molecule has 2 atom stereocenters. The highest BCUT2D eigenvalue weighted by molar-refractivity contribution is 8.13. The molecule has 1 aliphatic rings. The number of rotatable bonds is 5. The molecule has 4 heteroatoms. The molecule has 0 radical (unpaired) electrons. The summed E-state index contributed by atoms with van der Waals surface area (Å²) in [6.07, 6.45) is 5.75. The molecule has 1 N–H and O–H groups in total. The standard InChI is InChI=1S/C12H24N2S2/c1-5-12(3)7-9-16-11(14-12)13-10(2)6-8-15-4/h10H,5-9H2,1-4H3,(H,13,14). The van der Waals surface area contributed by atoms with Crippen LogP contribution in [0.2, 0.25) is 0 Å². The maximum Gasteiger partial charge on any atom is 0.157 e. The van der Waals surface area contributed by atoms with Gasteiger partial charge >= 0.3 is 0 Å². The fourth-order valence-corrected chi connectivity index (χ4v) is 3.51. The molecule has 2 nitrogen and oxygen atoms in total. The van der Waals surface area contributed by atoms with Gasteiger partial charge in [0.05, 0.1) is 6.04 Å². The van der Waals surface area contributed by atoms with Crippen LogP contribution in [-0.2, 0) is 0 Å². The number of amidine groups is 1. The van der Waals surface area contributed by atoms with Crippen molar-refractivity contribution in [1.82, 2.24) is 5.32 Å². The largest absolute Gasteiger partial charge is 0.360 e. The second-order valence-corrected chi connectivity index (χ2v) is 6.77. The lowest BCUT2D eigenvalue weighted by Crippen LogP contribution is -2.48. The lowest BCUT2D eigenvalue weighted by molar-refractivity contribution is 0.389. The number of nitrogens with zero attached hydrogens (tertiary/aromatic N) is 1. The van der Waals surface area contributed by atoms with Crippen LogP contribution in [0.1, 0.15) is 40.0 Å². The maximum atomic E-state index is 4.77. The molecule has 0 amide bonds. The molecule has 1 heterocycles. The fourth-order valence-electron chi connectivity index (χ4n) is 1.62. The van der Waals surface area contributed by atoms with Crippen molar-refractivity contribution in [2.24, 2.45) is 4.99 Å². The molecule has 0 aromatic heterocycles. The summed E-state index contributed by atoms with van der Waals surface area (Å²) in [6, 6.07) is 0.446. The number of hydrogen-bond donors (Lipinski definition) is 1. The van der Waals surface area contributed by atoms with E-state index >= 15 is 0 Å². The molecule has 1 saturated heterocycles. The van der Waals surface area contributed by atoms with E-state index < -0.39 is 0 Å². The number of nitrogens with one attached hydrogen (secondary N) is 1. The summed E-state index contributed by atoms with van der Waals surface area (Å²) >= 11 is 3.77. The van der Waals surface area contributed by atoms with Gasteiger partial charge in [-0.1, -0.05) is 18.7 Å². The number of hydrogen-bond acceptors (Lipinski definition) is 3. The lowest BCUT2D eigenvalue weighted by atomic mass is 9.96. The third kappa shape index (κ3) is 4.58. The molecule has 1 fully saturated rings. The Morgan fingerprint density at radius 3 is 3.00 bits per heavy atom. The highest BCUT2D eigenvalue weighted by Gasteiger charge is 2.27. The average molecular weight is 260 g/mol. The Hall–Kier alpha value is 0.170. The second kappa shape index (κ2) is 6.80. The summed E-state index contributed by atoms with van der Waals surface area (Å²) < 4.78 is 0. The fraction of sp³-hybridized carbons (Fsp3) is 0.917. The molecule has 0 aliphatic carbocycles. The van der Waals surface area contributed by atoms with Crippen molar-refractivity contribution in [1.29, 1.82) is 0 Å². The SMILES string of the molecule is CCC1(C)CCSC(=NC(C)CCSC)N1. The number of aliphatic imine (C=N–C) groups is 1. The van der Waals surface area contributed by atoms with Gasteiger partial charge in [0, 0.05) is 11.3 Å². The zero-order valence-electron chi connectivity index (χ0n) is 10.9. The monoisotopic (exact) mass is 260 g/mol. The predicted octanol–water partition coefficient (Wildman–Crippen LogP) is 3.38. The van der Waals surface area contributed by atoms with Gasteiger partial charge in [0.15, 0.2) is 5.17 Å². The molecule has 0 saturated carbocycles. The van der Waals surface area contributed by atoms with Gasteiger partial charge in [-0.15, -0.1) is 0 Å². The van der Waals surface area contributed by atoms with Crippen LogP contribution < -0.4 is 5.32 Å². The molecule has 0 bridgehead atoms. The van der Waals surface area contributed by atoms with Gasteiger partial charge in [-0.25, -0.2) is 0 Å². The van der Waals surface area contributed by atoms with Gasteiger partial charge in [-0.3, -0.25) is 4.99 Å². The van der Waals surface area contributed by atoms with Gasteiger partial charge in [0.25, 0.3) is 0 Å². The molecular formula is C12H24N2S2. The van der Waals surface area contributed by atoms with Crippen LogP contribution in [0.5, 0.6) is 0 Å². The van der Waals surface area contributed by atoms with Gasteiger partial charge in [0.2, 0.25) is 0 Å². The zero-order chi connectivity index (χ0) is 12.0. The minimum atomic E-state index is 0.267. The smallest absolute Gasteiger partial charge is 0.157 e. The van der Waals surface area contributed by atoms with Crippen LogP contribution in [0.25, 0.3) is 0 Å². The Kier molecular flexibility index (Phi) is 6.05. The Labute approximate surface area is 108 Å². The van der Waals surface area contributed by atoms with Crippen molar-refractivity contribution in [2.75, 3.05) is 17.8 Å². The van der Waals surface area contributed by atoms with Gasteiger partial charge in [-0.05, 0) is 45.1 Å². The summed E-state index contributed by atoms with van der Waals surface area (Å²) in [5, 5.41) is 4.75. The molecule has 0 aromatic carbocycles. The molecule has 0 aromatic rings. The molecule has 1 aliphatic heterocycles. The normalized spacial score (nSPS) is 30.1. The summed E-state index contributed by atoms with van der Waals surface area (Å²) in [5.74, 6) is 2.40. The van der Waals surface area contributed by atoms with E-state index in [1.165, 1.54) is 30.8 Å². The van der Waals surface area contributed by atoms with Crippen LogP contribution in [0, 0.1) is 0 Å². The first-order chi connectivity index (χ1) is 7.59. The van der Waals surface area contributed by atoms with Crippen LogP contribution in [-0.4, -0.2) is 34.5 Å². The van der Waals surface area contributed by atoms with Crippen molar-refractivity contribution in [2.45, 2.75) is 51.6 Å². The van der Waals surface area contributed by atoms with Gasteiger partial charge in [0.1, 0.15) is 0 Å². The van der Waals surface area contributed by atoms with E-state index in [0.29, 0.717) is 6.04 Å². The molecule has 16 heavy (non-hydrogen) atoms. The molecule has 0 spiro atoms. The van der Waals surface area contributed by atoms with E-state index in [9.17, 15) is 0 Å². The highest BCUT2D eigenvalue weighted by atomic mass is 32.2. The van der Waals surface area contributed by atoms with Crippen molar-refractivity contribution < 1.29 is 0 Å². The minimum Gasteiger partial charge on any atom is -0.360 e. The Morgan fingerprint density at radius 1 is 1.62 bits per heavy atom. The first-order valence-corrected chi connectivity index (χ1v) is 8.45. The van der Waals surface area contributed by atoms with Crippen LogP contribution in [0.3, 0.4) is 0 Å². The van der Waals surface area contributed by atoms with E-state index in [4.69, 9.17) is 4.99 Å². The van der Waals surface area contributed by atoms with Crippen LogP contribution >= 0.6 is 23.5 Å². The predicted molar refractivity (Wildman–Crippen MR) is 78.8 cm³/mol. The third-order valence-electron chi connectivity index (χ3n) is 3.16. The summed E-state index contributed by atoms with van der Waals surface area (Å²) in [5.41, 5.74) is 0.267. The number of thioether (sulfide) groups is 2. The average Bonchev–Trinajstić information content (AvgIpc) is 2.26. The third-order valence-corrected chi connectivity index (χ3v) is 4.69. The van der Waals surface area contributed by atoms with E-state index in [2.05, 4.69) is 32.3 Å². The summed E-state index contributed by atoms with van der Waals surface area (Å²) in [7, 11) is 0. The van der Waals surface area contributed by atoms with Crippen molar-refractivity contribution in [3.05, 3.63) is 0 Å². The molecular weight excluding hydrogens is 236 g/mol. The highest BCUT2D eigenvalue weighted by Crippen LogP contribution is 2.25. The van der Waals surface area contributed by atoms with E-state index in [1.54, 1.807) is 0 Å².